The summed E-state index contributed by atoms with van der Waals surface area (Å²) in [6.45, 7) is 9.80. The van der Waals surface area contributed by atoms with Crippen LogP contribution in [0.15, 0.2) is 11.4 Å². The third-order valence-electron chi connectivity index (χ3n) is 3.59. The maximum absolute atomic E-state index is 12.1. The number of fused-ring (bicyclic) bond motifs is 1. The van der Waals surface area contributed by atoms with E-state index in [1.54, 1.807) is 0 Å². The molecule has 94 valence electrons. The fraction of sp³-hybridized carbons (Fsp3) is 0.643. The smallest absolute Gasteiger partial charge is 0.152 e. The molecule has 2 heterocycles. The molecular weight excluding hydrogens is 230 g/mol. The highest BCUT2D eigenvalue weighted by Crippen LogP contribution is 2.33. The van der Waals surface area contributed by atoms with Crippen LogP contribution in [0.4, 0.5) is 0 Å². The standard InChI is InChI=1S/C14H21NOS/c1-10-11-6-8-17-12(11)5-7-15(10)9-13(16)14(2,3)4/h6,8,10H,5,7,9H2,1-4H3. The van der Waals surface area contributed by atoms with Gasteiger partial charge in [0.05, 0.1) is 6.54 Å². The predicted molar refractivity (Wildman–Crippen MR) is 72.5 cm³/mol. The zero-order chi connectivity index (χ0) is 12.6. The monoisotopic (exact) mass is 251 g/mol. The van der Waals surface area contributed by atoms with Gasteiger partial charge in [-0.1, -0.05) is 20.8 Å². The van der Waals surface area contributed by atoms with Crippen LogP contribution in [0.25, 0.3) is 0 Å². The first kappa shape index (κ1) is 12.8. The van der Waals surface area contributed by atoms with Gasteiger partial charge in [-0.2, -0.15) is 0 Å². The van der Waals surface area contributed by atoms with E-state index in [1.165, 1.54) is 10.4 Å². The number of carbonyl (C=O) groups is 1. The Kier molecular flexibility index (Phi) is 3.41. The number of thiophene rings is 1. The Morgan fingerprint density at radius 2 is 2.24 bits per heavy atom. The van der Waals surface area contributed by atoms with E-state index in [0.29, 0.717) is 18.4 Å². The number of hydrogen-bond donors (Lipinski definition) is 0. The van der Waals surface area contributed by atoms with Gasteiger partial charge >= 0.3 is 0 Å². The quantitative estimate of drug-likeness (QED) is 0.804. The average Bonchev–Trinajstić information content (AvgIpc) is 2.69. The molecule has 0 radical (unpaired) electrons. The van der Waals surface area contributed by atoms with Crippen molar-refractivity contribution in [1.82, 2.24) is 4.90 Å². The zero-order valence-electron chi connectivity index (χ0n) is 11.1. The van der Waals surface area contributed by atoms with Crippen LogP contribution in [-0.4, -0.2) is 23.8 Å². The molecule has 0 aliphatic carbocycles. The molecule has 1 aliphatic heterocycles. The van der Waals surface area contributed by atoms with E-state index in [4.69, 9.17) is 0 Å². The molecule has 0 bridgehead atoms. The molecule has 1 unspecified atom stereocenters. The zero-order valence-corrected chi connectivity index (χ0v) is 11.9. The summed E-state index contributed by atoms with van der Waals surface area (Å²) in [6.07, 6.45) is 1.09. The second-order valence-corrected chi connectivity index (χ2v) is 6.87. The van der Waals surface area contributed by atoms with E-state index >= 15 is 0 Å². The Hall–Kier alpha value is -0.670. The van der Waals surface area contributed by atoms with Gasteiger partial charge in [0.25, 0.3) is 0 Å². The summed E-state index contributed by atoms with van der Waals surface area (Å²) in [7, 11) is 0. The molecule has 1 aliphatic rings. The molecule has 1 atom stereocenters. The molecule has 0 fully saturated rings. The molecule has 0 saturated carbocycles. The van der Waals surface area contributed by atoms with Crippen molar-refractivity contribution in [2.45, 2.75) is 40.2 Å². The van der Waals surface area contributed by atoms with Gasteiger partial charge in [0.15, 0.2) is 5.78 Å². The normalized spacial score (nSPS) is 21.3. The summed E-state index contributed by atoms with van der Waals surface area (Å²) in [6, 6.07) is 2.59. The van der Waals surface area contributed by atoms with E-state index in [0.717, 1.165) is 13.0 Å². The average molecular weight is 251 g/mol. The predicted octanol–water partition coefficient (Wildman–Crippen LogP) is 3.28. The van der Waals surface area contributed by atoms with Gasteiger partial charge in [-0.3, -0.25) is 9.69 Å². The van der Waals surface area contributed by atoms with Crippen LogP contribution in [0.3, 0.4) is 0 Å². The van der Waals surface area contributed by atoms with Crippen LogP contribution in [0, 0.1) is 5.41 Å². The molecule has 0 saturated heterocycles. The summed E-state index contributed by atoms with van der Waals surface area (Å²) in [5.74, 6) is 0.336. The van der Waals surface area contributed by atoms with Crippen LogP contribution in [-0.2, 0) is 11.2 Å². The Labute approximate surface area is 108 Å². The Balaban J connectivity index is 2.08. The van der Waals surface area contributed by atoms with Gasteiger partial charge in [0.1, 0.15) is 0 Å². The number of hydrogen-bond acceptors (Lipinski definition) is 3. The second kappa shape index (κ2) is 4.54. The van der Waals surface area contributed by atoms with Crippen molar-refractivity contribution in [2.24, 2.45) is 5.41 Å². The largest absolute Gasteiger partial charge is 0.298 e. The van der Waals surface area contributed by atoms with Crippen LogP contribution < -0.4 is 0 Å². The molecule has 17 heavy (non-hydrogen) atoms. The Morgan fingerprint density at radius 3 is 2.88 bits per heavy atom. The molecule has 0 amide bonds. The molecule has 0 aromatic carbocycles. The summed E-state index contributed by atoms with van der Waals surface area (Å²) in [5, 5.41) is 2.16. The number of Topliss-reactive ketones (excluding diaryl/α,β-unsaturated/α-hetero) is 1. The van der Waals surface area contributed by atoms with Crippen molar-refractivity contribution in [3.8, 4) is 0 Å². The van der Waals surface area contributed by atoms with Gasteiger partial charge in [-0.05, 0) is 30.4 Å². The minimum Gasteiger partial charge on any atom is -0.298 e. The van der Waals surface area contributed by atoms with Crippen LogP contribution in [0.2, 0.25) is 0 Å². The molecule has 3 heteroatoms. The Morgan fingerprint density at radius 1 is 1.53 bits per heavy atom. The highest BCUT2D eigenvalue weighted by molar-refractivity contribution is 7.10. The molecule has 2 nitrogen and oxygen atoms in total. The van der Waals surface area contributed by atoms with Crippen LogP contribution in [0.5, 0.6) is 0 Å². The minimum atomic E-state index is -0.228. The molecule has 1 aromatic heterocycles. The van der Waals surface area contributed by atoms with Crippen molar-refractivity contribution in [2.75, 3.05) is 13.1 Å². The van der Waals surface area contributed by atoms with E-state index in [-0.39, 0.29) is 5.41 Å². The SMILES string of the molecule is CC1c2ccsc2CCN1CC(=O)C(C)(C)C. The summed E-state index contributed by atoms with van der Waals surface area (Å²) >= 11 is 1.84. The van der Waals surface area contributed by atoms with Gasteiger partial charge in [0, 0.05) is 22.9 Å². The summed E-state index contributed by atoms with van der Waals surface area (Å²) in [4.78, 5) is 15.9. The highest BCUT2D eigenvalue weighted by Gasteiger charge is 2.29. The van der Waals surface area contributed by atoms with Crippen LogP contribution in [0.1, 0.15) is 44.2 Å². The molecule has 0 N–H and O–H groups in total. The van der Waals surface area contributed by atoms with E-state index in [9.17, 15) is 4.79 Å². The lowest BCUT2D eigenvalue weighted by molar-refractivity contribution is -0.128. The van der Waals surface area contributed by atoms with Crippen molar-refractivity contribution < 1.29 is 4.79 Å². The fourth-order valence-corrected chi connectivity index (χ4v) is 3.16. The number of ketones is 1. The number of nitrogens with zero attached hydrogens (tertiary/aromatic N) is 1. The molecule has 1 aromatic rings. The maximum Gasteiger partial charge on any atom is 0.152 e. The highest BCUT2D eigenvalue weighted by atomic mass is 32.1. The molecule has 0 spiro atoms. The van der Waals surface area contributed by atoms with E-state index < -0.39 is 0 Å². The first-order chi connectivity index (χ1) is 7.89. The van der Waals surface area contributed by atoms with E-state index in [1.807, 2.05) is 32.1 Å². The minimum absolute atomic E-state index is 0.228. The Bertz CT molecular complexity index is 416. The van der Waals surface area contributed by atoms with E-state index in [2.05, 4.69) is 23.3 Å². The molecule has 2 rings (SSSR count). The van der Waals surface area contributed by atoms with Gasteiger partial charge in [-0.15, -0.1) is 11.3 Å². The first-order valence-corrected chi connectivity index (χ1v) is 7.11. The first-order valence-electron chi connectivity index (χ1n) is 6.23. The molecular formula is C14H21NOS. The lowest BCUT2D eigenvalue weighted by atomic mass is 9.89. The van der Waals surface area contributed by atoms with Crippen molar-refractivity contribution in [3.63, 3.8) is 0 Å². The van der Waals surface area contributed by atoms with Crippen LogP contribution >= 0.6 is 11.3 Å². The third-order valence-corrected chi connectivity index (χ3v) is 4.58. The van der Waals surface area contributed by atoms with Gasteiger partial charge < -0.3 is 0 Å². The summed E-state index contributed by atoms with van der Waals surface area (Å²) < 4.78 is 0. The maximum atomic E-state index is 12.1. The lowest BCUT2D eigenvalue weighted by Crippen LogP contribution is -2.40. The fourth-order valence-electron chi connectivity index (χ4n) is 2.20. The number of rotatable bonds is 2. The van der Waals surface area contributed by atoms with Crippen molar-refractivity contribution >= 4 is 17.1 Å². The second-order valence-electron chi connectivity index (χ2n) is 5.87. The number of carbonyl (C=O) groups excluding carboxylic acids is 1. The van der Waals surface area contributed by atoms with Crippen molar-refractivity contribution in [3.05, 3.63) is 21.9 Å². The van der Waals surface area contributed by atoms with Gasteiger partial charge in [0.2, 0.25) is 0 Å². The van der Waals surface area contributed by atoms with Gasteiger partial charge in [-0.25, -0.2) is 0 Å². The topological polar surface area (TPSA) is 20.3 Å². The third kappa shape index (κ3) is 2.61. The van der Waals surface area contributed by atoms with Crippen molar-refractivity contribution in [1.29, 1.82) is 0 Å². The lowest BCUT2D eigenvalue weighted by Gasteiger charge is -2.34. The summed E-state index contributed by atoms with van der Waals surface area (Å²) in [5.41, 5.74) is 1.19.